The minimum atomic E-state index is 0.314. The lowest BCUT2D eigenvalue weighted by Gasteiger charge is -2.21. The molecular weight excluding hydrogens is 216 g/mol. The number of hydrogen-bond donors (Lipinski definition) is 0. The third-order valence-corrected chi connectivity index (χ3v) is 2.78. The van der Waals surface area contributed by atoms with Gasteiger partial charge in [-0.05, 0) is 18.9 Å². The van der Waals surface area contributed by atoms with Crippen LogP contribution in [0.5, 0.6) is 5.88 Å². The number of aromatic nitrogens is 2. The molecule has 1 aliphatic rings. The largest absolute Gasteiger partial charge is 0.479 e. The molecule has 1 saturated heterocycles. The maximum atomic E-state index is 5.98. The molecule has 1 atom stereocenters. The van der Waals surface area contributed by atoms with Crippen molar-refractivity contribution in [1.29, 1.82) is 0 Å². The number of methoxy groups -OCH3 is 1. The Morgan fingerprint density at radius 1 is 1.53 bits per heavy atom. The zero-order valence-corrected chi connectivity index (χ0v) is 9.33. The predicted octanol–water partition coefficient (Wildman–Crippen LogP) is 2.03. The Morgan fingerprint density at radius 2 is 2.40 bits per heavy atom. The molecule has 1 aliphatic heterocycles. The van der Waals surface area contributed by atoms with Crippen molar-refractivity contribution in [2.24, 2.45) is 0 Å². The van der Waals surface area contributed by atoms with E-state index in [1.165, 1.54) is 7.11 Å². The molecule has 0 bridgehead atoms. The summed E-state index contributed by atoms with van der Waals surface area (Å²) in [5.74, 6) is 0.687. The molecule has 0 spiro atoms. The first-order chi connectivity index (χ1) is 7.31. The summed E-state index contributed by atoms with van der Waals surface area (Å²) < 4.78 is 10.3. The van der Waals surface area contributed by atoms with E-state index in [0.717, 1.165) is 25.1 Å². The molecule has 5 heteroatoms. The van der Waals surface area contributed by atoms with Gasteiger partial charge in [-0.1, -0.05) is 11.6 Å². The lowest BCUT2D eigenvalue weighted by molar-refractivity contribution is 0.0790. The SMILES string of the molecule is COc1nnc(C2CCCOC2)cc1Cl. The molecule has 4 nitrogen and oxygen atoms in total. The van der Waals surface area contributed by atoms with Gasteiger partial charge < -0.3 is 9.47 Å². The van der Waals surface area contributed by atoms with Crippen LogP contribution in [0.4, 0.5) is 0 Å². The third kappa shape index (κ3) is 2.38. The van der Waals surface area contributed by atoms with Gasteiger partial charge in [0.2, 0.25) is 0 Å². The predicted molar refractivity (Wildman–Crippen MR) is 56.4 cm³/mol. The molecule has 1 unspecified atom stereocenters. The maximum absolute atomic E-state index is 5.98. The standard InChI is InChI=1S/C10H13ClN2O2/c1-14-10-8(11)5-9(12-13-10)7-3-2-4-15-6-7/h5,7H,2-4,6H2,1H3. The molecule has 1 aromatic heterocycles. The normalized spacial score (nSPS) is 21.3. The van der Waals surface area contributed by atoms with Gasteiger partial charge in [-0.25, -0.2) is 0 Å². The highest BCUT2D eigenvalue weighted by atomic mass is 35.5. The van der Waals surface area contributed by atoms with Crippen LogP contribution < -0.4 is 4.74 Å². The van der Waals surface area contributed by atoms with Crippen LogP contribution in [0, 0.1) is 0 Å². The fraction of sp³-hybridized carbons (Fsp3) is 0.600. The summed E-state index contributed by atoms with van der Waals surface area (Å²) in [7, 11) is 1.53. The quantitative estimate of drug-likeness (QED) is 0.777. The van der Waals surface area contributed by atoms with Gasteiger partial charge in [0.1, 0.15) is 5.02 Å². The van der Waals surface area contributed by atoms with Crippen LogP contribution in [0.2, 0.25) is 5.02 Å². The molecule has 15 heavy (non-hydrogen) atoms. The van der Waals surface area contributed by atoms with E-state index in [4.69, 9.17) is 21.1 Å². The van der Waals surface area contributed by atoms with Crippen LogP contribution in [-0.2, 0) is 4.74 Å². The van der Waals surface area contributed by atoms with Crippen molar-refractivity contribution in [2.75, 3.05) is 20.3 Å². The Balaban J connectivity index is 2.17. The van der Waals surface area contributed by atoms with E-state index in [0.29, 0.717) is 23.4 Å². The van der Waals surface area contributed by atoms with E-state index in [-0.39, 0.29) is 0 Å². The molecule has 1 fully saturated rings. The molecule has 0 N–H and O–H groups in total. The van der Waals surface area contributed by atoms with Gasteiger partial charge in [0, 0.05) is 12.5 Å². The molecule has 1 aromatic rings. The molecule has 2 rings (SSSR count). The van der Waals surface area contributed by atoms with E-state index in [1.807, 2.05) is 6.07 Å². The minimum Gasteiger partial charge on any atom is -0.479 e. The highest BCUT2D eigenvalue weighted by molar-refractivity contribution is 6.31. The van der Waals surface area contributed by atoms with Gasteiger partial charge in [-0.15, -0.1) is 5.10 Å². The second kappa shape index (κ2) is 4.77. The first-order valence-electron chi connectivity index (χ1n) is 4.96. The van der Waals surface area contributed by atoms with E-state index >= 15 is 0 Å². The first-order valence-corrected chi connectivity index (χ1v) is 5.34. The Bertz CT molecular complexity index is 340. The van der Waals surface area contributed by atoms with Crippen LogP contribution in [0.3, 0.4) is 0 Å². The van der Waals surface area contributed by atoms with Crippen LogP contribution in [0.1, 0.15) is 24.5 Å². The van der Waals surface area contributed by atoms with Crippen LogP contribution in [0.15, 0.2) is 6.07 Å². The van der Waals surface area contributed by atoms with E-state index < -0.39 is 0 Å². The van der Waals surface area contributed by atoms with Gasteiger partial charge >= 0.3 is 0 Å². The zero-order valence-electron chi connectivity index (χ0n) is 8.57. The maximum Gasteiger partial charge on any atom is 0.252 e. The molecule has 0 amide bonds. The average molecular weight is 229 g/mol. The summed E-state index contributed by atoms with van der Waals surface area (Å²) >= 11 is 5.98. The number of rotatable bonds is 2. The van der Waals surface area contributed by atoms with Crippen molar-refractivity contribution in [3.05, 3.63) is 16.8 Å². The number of nitrogens with zero attached hydrogens (tertiary/aromatic N) is 2. The summed E-state index contributed by atoms with van der Waals surface area (Å²) in [5.41, 5.74) is 0.889. The van der Waals surface area contributed by atoms with Crippen molar-refractivity contribution in [3.8, 4) is 5.88 Å². The summed E-state index contributed by atoms with van der Waals surface area (Å²) in [6.07, 6.45) is 2.15. The highest BCUT2D eigenvalue weighted by Crippen LogP contribution is 2.28. The molecule has 0 aliphatic carbocycles. The van der Waals surface area contributed by atoms with Gasteiger partial charge in [-0.3, -0.25) is 0 Å². The molecular formula is C10H13ClN2O2. The van der Waals surface area contributed by atoms with Crippen molar-refractivity contribution < 1.29 is 9.47 Å². The summed E-state index contributed by atoms with van der Waals surface area (Å²) in [6, 6.07) is 1.81. The fourth-order valence-corrected chi connectivity index (χ4v) is 1.91. The lowest BCUT2D eigenvalue weighted by atomic mass is 9.98. The molecule has 82 valence electrons. The monoisotopic (exact) mass is 228 g/mol. The second-order valence-corrected chi connectivity index (χ2v) is 3.95. The van der Waals surface area contributed by atoms with Crippen LogP contribution in [0.25, 0.3) is 0 Å². The van der Waals surface area contributed by atoms with Gasteiger partial charge in [0.25, 0.3) is 5.88 Å². The van der Waals surface area contributed by atoms with Gasteiger partial charge in [-0.2, -0.15) is 5.10 Å². The third-order valence-electron chi connectivity index (χ3n) is 2.51. The second-order valence-electron chi connectivity index (χ2n) is 3.54. The zero-order chi connectivity index (χ0) is 10.7. The molecule has 0 aromatic carbocycles. The van der Waals surface area contributed by atoms with Gasteiger partial charge in [0.05, 0.1) is 19.4 Å². The summed E-state index contributed by atoms with van der Waals surface area (Å²) in [5, 5.41) is 8.51. The Kier molecular flexibility index (Phi) is 3.38. The van der Waals surface area contributed by atoms with Crippen molar-refractivity contribution in [3.63, 3.8) is 0 Å². The first kappa shape index (κ1) is 10.6. The number of ether oxygens (including phenoxy) is 2. The summed E-state index contributed by atoms with van der Waals surface area (Å²) in [6.45, 7) is 1.55. The van der Waals surface area contributed by atoms with Crippen LogP contribution in [-0.4, -0.2) is 30.5 Å². The fourth-order valence-electron chi connectivity index (χ4n) is 1.68. The molecule has 0 radical (unpaired) electrons. The molecule has 2 heterocycles. The Morgan fingerprint density at radius 3 is 3.00 bits per heavy atom. The highest BCUT2D eigenvalue weighted by Gasteiger charge is 2.19. The number of hydrogen-bond acceptors (Lipinski definition) is 4. The van der Waals surface area contributed by atoms with Crippen molar-refractivity contribution >= 4 is 11.6 Å². The Labute approximate surface area is 93.6 Å². The van der Waals surface area contributed by atoms with E-state index in [1.54, 1.807) is 0 Å². The molecule has 0 saturated carbocycles. The van der Waals surface area contributed by atoms with Crippen molar-refractivity contribution in [1.82, 2.24) is 10.2 Å². The van der Waals surface area contributed by atoms with Gasteiger partial charge in [0.15, 0.2) is 0 Å². The van der Waals surface area contributed by atoms with Crippen LogP contribution >= 0.6 is 11.6 Å². The van der Waals surface area contributed by atoms with E-state index in [9.17, 15) is 0 Å². The summed E-state index contributed by atoms with van der Waals surface area (Å²) in [4.78, 5) is 0. The average Bonchev–Trinajstić information content (AvgIpc) is 2.30. The van der Waals surface area contributed by atoms with E-state index in [2.05, 4.69) is 10.2 Å². The lowest BCUT2D eigenvalue weighted by Crippen LogP contribution is -2.17. The smallest absolute Gasteiger partial charge is 0.252 e. The Hall–Kier alpha value is -0.870. The van der Waals surface area contributed by atoms with Crippen molar-refractivity contribution in [2.45, 2.75) is 18.8 Å². The number of halogens is 1. The topological polar surface area (TPSA) is 44.2 Å². The minimum absolute atomic E-state index is 0.314.